The van der Waals surface area contributed by atoms with Crippen LogP contribution in [0.5, 0.6) is 0 Å². The van der Waals surface area contributed by atoms with Gasteiger partial charge < -0.3 is 20.1 Å². The monoisotopic (exact) mass is 480 g/mol. The molecule has 180 valence electrons. The number of halogens is 2. The van der Waals surface area contributed by atoms with E-state index in [2.05, 4.69) is 30.9 Å². The van der Waals surface area contributed by atoms with Crippen molar-refractivity contribution in [1.29, 1.82) is 0 Å². The summed E-state index contributed by atoms with van der Waals surface area (Å²) in [7, 11) is 0. The molecule has 1 fully saturated rings. The summed E-state index contributed by atoms with van der Waals surface area (Å²) in [5.41, 5.74) is 1.89. The second-order valence-corrected chi connectivity index (χ2v) is 8.02. The van der Waals surface area contributed by atoms with Gasteiger partial charge in [0.05, 0.1) is 24.5 Å². The fourth-order valence-electron chi connectivity index (χ4n) is 3.83. The number of amides is 2. The minimum atomic E-state index is -0.576. The van der Waals surface area contributed by atoms with Crippen LogP contribution in [-0.4, -0.2) is 56.6 Å². The van der Waals surface area contributed by atoms with Crippen molar-refractivity contribution in [3.8, 4) is 22.9 Å². The fraction of sp³-hybridized carbons (Fsp3) is 0.261. The molecule has 0 unspecified atom stereocenters. The van der Waals surface area contributed by atoms with Gasteiger partial charge in [0.25, 0.3) is 0 Å². The predicted octanol–water partition coefficient (Wildman–Crippen LogP) is 2.83. The normalized spacial score (nSPS) is 13.5. The maximum absolute atomic E-state index is 14.6. The predicted molar refractivity (Wildman–Crippen MR) is 122 cm³/mol. The summed E-state index contributed by atoms with van der Waals surface area (Å²) in [6, 6.07) is 9.40. The lowest BCUT2D eigenvalue weighted by atomic mass is 10.1. The number of carbonyl (C=O) groups is 1. The Morgan fingerprint density at radius 2 is 2.00 bits per heavy atom. The van der Waals surface area contributed by atoms with Crippen LogP contribution in [0.15, 0.2) is 53.4 Å². The van der Waals surface area contributed by atoms with Gasteiger partial charge in [0.2, 0.25) is 0 Å². The molecule has 5 rings (SSSR count). The van der Waals surface area contributed by atoms with E-state index in [4.69, 9.17) is 4.52 Å². The van der Waals surface area contributed by atoms with Gasteiger partial charge in [-0.05, 0) is 19.1 Å². The molecule has 1 saturated heterocycles. The van der Waals surface area contributed by atoms with Gasteiger partial charge >= 0.3 is 6.03 Å². The van der Waals surface area contributed by atoms with Crippen LogP contribution in [0.3, 0.4) is 0 Å². The number of aromatic nitrogens is 5. The molecule has 10 nitrogen and oxygen atoms in total. The molecular weight excluding hydrogens is 458 g/mol. The molecular formula is C23H22F2N8O2. The molecule has 1 aliphatic heterocycles. The summed E-state index contributed by atoms with van der Waals surface area (Å²) >= 11 is 0. The number of urea groups is 1. The molecule has 2 N–H and O–H groups in total. The van der Waals surface area contributed by atoms with E-state index < -0.39 is 5.82 Å². The summed E-state index contributed by atoms with van der Waals surface area (Å²) in [6.45, 7) is 3.32. The highest BCUT2D eigenvalue weighted by Gasteiger charge is 2.31. The van der Waals surface area contributed by atoms with Crippen molar-refractivity contribution < 1.29 is 18.1 Å². The average molecular weight is 480 g/mol. The number of rotatable bonds is 7. The van der Waals surface area contributed by atoms with Crippen LogP contribution in [0, 0.1) is 11.6 Å². The van der Waals surface area contributed by atoms with E-state index in [0.717, 1.165) is 6.20 Å². The lowest BCUT2D eigenvalue weighted by Gasteiger charge is -2.40. The van der Waals surface area contributed by atoms with Crippen LogP contribution in [0.1, 0.15) is 12.5 Å². The summed E-state index contributed by atoms with van der Waals surface area (Å²) in [6.07, 6.45) is 2.52. The van der Waals surface area contributed by atoms with E-state index in [-0.39, 0.29) is 36.1 Å². The van der Waals surface area contributed by atoms with Crippen molar-refractivity contribution in [2.45, 2.75) is 19.5 Å². The van der Waals surface area contributed by atoms with E-state index in [1.54, 1.807) is 39.9 Å². The number of nitrogens with one attached hydrogen (secondary N) is 2. The highest BCUT2D eigenvalue weighted by molar-refractivity contribution is 5.74. The van der Waals surface area contributed by atoms with Crippen molar-refractivity contribution in [1.82, 2.24) is 35.5 Å². The first-order valence-corrected chi connectivity index (χ1v) is 11.1. The third-order valence-corrected chi connectivity index (χ3v) is 5.57. The summed E-state index contributed by atoms with van der Waals surface area (Å²) < 4.78 is 35.4. The Bertz CT molecular complexity index is 1340. The Morgan fingerprint density at radius 1 is 1.17 bits per heavy atom. The third kappa shape index (κ3) is 4.67. The average Bonchev–Trinajstić information content (AvgIpc) is 3.48. The molecule has 0 radical (unpaired) electrons. The van der Waals surface area contributed by atoms with Crippen LogP contribution in [-0.2, 0) is 6.54 Å². The Labute approximate surface area is 199 Å². The fourth-order valence-corrected chi connectivity index (χ4v) is 3.83. The van der Waals surface area contributed by atoms with Crippen LogP contribution in [0.2, 0.25) is 0 Å². The van der Waals surface area contributed by atoms with Gasteiger partial charge in [-0.3, -0.25) is 4.68 Å². The first-order chi connectivity index (χ1) is 17.0. The molecule has 0 saturated carbocycles. The molecule has 35 heavy (non-hydrogen) atoms. The van der Waals surface area contributed by atoms with Crippen molar-refractivity contribution in [3.63, 3.8) is 0 Å². The SMILES string of the molecule is CCNC(=O)NC1CN(c2nc(-c3cc(-c4ccon4)n(Cc4ccccc4F)n3)ncc2F)C1. The van der Waals surface area contributed by atoms with Crippen LogP contribution in [0.25, 0.3) is 22.9 Å². The van der Waals surface area contributed by atoms with Crippen molar-refractivity contribution in [3.05, 3.63) is 66.1 Å². The van der Waals surface area contributed by atoms with Gasteiger partial charge in [-0.15, -0.1) is 0 Å². The molecule has 0 bridgehead atoms. The first kappa shape index (κ1) is 22.4. The molecule has 4 heterocycles. The smallest absolute Gasteiger partial charge is 0.315 e. The Morgan fingerprint density at radius 3 is 2.74 bits per heavy atom. The van der Waals surface area contributed by atoms with Gasteiger partial charge in [0, 0.05) is 31.3 Å². The lowest BCUT2D eigenvalue weighted by molar-refractivity contribution is 0.234. The zero-order valence-electron chi connectivity index (χ0n) is 18.8. The molecule has 3 aromatic heterocycles. The van der Waals surface area contributed by atoms with E-state index in [1.165, 1.54) is 12.3 Å². The molecule has 2 amide bonds. The van der Waals surface area contributed by atoms with Crippen molar-refractivity contribution in [2.75, 3.05) is 24.5 Å². The minimum Gasteiger partial charge on any atom is -0.364 e. The second kappa shape index (κ2) is 9.49. The topological polar surface area (TPSA) is 114 Å². The van der Waals surface area contributed by atoms with Crippen LogP contribution < -0.4 is 15.5 Å². The first-order valence-electron chi connectivity index (χ1n) is 11.1. The molecule has 0 spiro atoms. The largest absolute Gasteiger partial charge is 0.364 e. The van der Waals surface area contributed by atoms with Crippen LogP contribution in [0.4, 0.5) is 19.4 Å². The van der Waals surface area contributed by atoms with E-state index in [1.807, 2.05) is 6.92 Å². The zero-order chi connectivity index (χ0) is 24.4. The van der Waals surface area contributed by atoms with Gasteiger partial charge in [-0.2, -0.15) is 5.10 Å². The molecule has 12 heteroatoms. The van der Waals surface area contributed by atoms with Crippen LogP contribution >= 0.6 is 0 Å². The van der Waals surface area contributed by atoms with Gasteiger partial charge in [0.15, 0.2) is 17.5 Å². The van der Waals surface area contributed by atoms with E-state index in [0.29, 0.717) is 42.3 Å². The highest BCUT2D eigenvalue weighted by atomic mass is 19.1. The maximum atomic E-state index is 14.6. The molecule has 0 atom stereocenters. The molecule has 1 aromatic carbocycles. The number of benzene rings is 1. The number of hydrogen-bond acceptors (Lipinski definition) is 7. The standard InChI is InChI=1S/C23H22F2N8O2/c1-2-26-23(34)28-15-12-32(13-15)22-17(25)10-27-21(29-22)19-9-20(18-7-8-35-31-18)33(30-19)11-14-5-3-4-6-16(14)24/h3-10,15H,2,11-13H2,1H3,(H2,26,28,34). The highest BCUT2D eigenvalue weighted by Crippen LogP contribution is 2.28. The van der Waals surface area contributed by atoms with Crippen molar-refractivity contribution in [2.24, 2.45) is 0 Å². The minimum absolute atomic E-state index is 0.113. The lowest BCUT2D eigenvalue weighted by Crippen LogP contribution is -2.61. The molecule has 1 aliphatic rings. The van der Waals surface area contributed by atoms with Crippen molar-refractivity contribution >= 4 is 11.8 Å². The van der Waals surface area contributed by atoms with E-state index >= 15 is 0 Å². The van der Waals surface area contributed by atoms with Gasteiger partial charge in [-0.25, -0.2) is 23.5 Å². The maximum Gasteiger partial charge on any atom is 0.315 e. The summed E-state index contributed by atoms with van der Waals surface area (Å²) in [5, 5.41) is 14.0. The Hall–Kier alpha value is -4.35. The molecule has 4 aromatic rings. The summed E-state index contributed by atoms with van der Waals surface area (Å²) in [4.78, 5) is 21.9. The quantitative estimate of drug-likeness (QED) is 0.418. The second-order valence-electron chi connectivity index (χ2n) is 8.02. The third-order valence-electron chi connectivity index (χ3n) is 5.57. The molecule has 0 aliphatic carbocycles. The Kier molecular flexibility index (Phi) is 6.08. The Balaban J connectivity index is 1.41. The number of hydrogen-bond donors (Lipinski definition) is 2. The zero-order valence-corrected chi connectivity index (χ0v) is 18.8. The van der Waals surface area contributed by atoms with E-state index in [9.17, 15) is 13.6 Å². The number of nitrogens with zero attached hydrogens (tertiary/aromatic N) is 6. The number of anilines is 1. The van der Waals surface area contributed by atoms with Gasteiger partial charge in [0.1, 0.15) is 23.5 Å². The van der Waals surface area contributed by atoms with Gasteiger partial charge in [-0.1, -0.05) is 23.4 Å². The number of carbonyl (C=O) groups excluding carboxylic acids is 1. The summed E-state index contributed by atoms with van der Waals surface area (Å²) in [5.74, 6) is -0.605.